The van der Waals surface area contributed by atoms with Crippen LogP contribution in [0.15, 0.2) is 18.2 Å². The standard InChI is InChI=1S/C12H16F3N3O/c1-9(19)16-7-4-8-18(2)11-6-3-5-10(17-11)12(13,14)15/h3,5-6H,4,7-8H2,1-2H3,(H,16,19). The Morgan fingerprint density at radius 1 is 1.42 bits per heavy atom. The molecule has 0 spiro atoms. The van der Waals surface area contributed by atoms with Crippen LogP contribution in [-0.4, -0.2) is 31.0 Å². The minimum Gasteiger partial charge on any atom is -0.360 e. The summed E-state index contributed by atoms with van der Waals surface area (Å²) in [4.78, 5) is 15.8. The number of nitrogens with one attached hydrogen (secondary N) is 1. The quantitative estimate of drug-likeness (QED) is 0.837. The lowest BCUT2D eigenvalue weighted by Gasteiger charge is -2.19. The normalized spacial score (nSPS) is 11.2. The number of pyridine rings is 1. The molecular weight excluding hydrogens is 259 g/mol. The van der Waals surface area contributed by atoms with Gasteiger partial charge in [-0.2, -0.15) is 13.2 Å². The first-order chi connectivity index (χ1) is 8.80. The molecule has 1 aromatic rings. The summed E-state index contributed by atoms with van der Waals surface area (Å²) in [7, 11) is 1.66. The van der Waals surface area contributed by atoms with Crippen molar-refractivity contribution in [2.75, 3.05) is 25.0 Å². The molecule has 1 aromatic heterocycles. The summed E-state index contributed by atoms with van der Waals surface area (Å²) < 4.78 is 37.5. The first kappa shape index (κ1) is 15.3. The van der Waals surface area contributed by atoms with Crippen molar-refractivity contribution in [3.05, 3.63) is 23.9 Å². The average molecular weight is 275 g/mol. The zero-order valence-corrected chi connectivity index (χ0v) is 10.8. The second kappa shape index (κ2) is 6.40. The number of hydrogen-bond donors (Lipinski definition) is 1. The van der Waals surface area contributed by atoms with E-state index in [-0.39, 0.29) is 11.7 Å². The van der Waals surface area contributed by atoms with Crippen LogP contribution in [0, 0.1) is 0 Å². The van der Waals surface area contributed by atoms with E-state index in [9.17, 15) is 18.0 Å². The lowest BCUT2D eigenvalue weighted by Crippen LogP contribution is -2.27. The van der Waals surface area contributed by atoms with Gasteiger partial charge in [-0.15, -0.1) is 0 Å². The topological polar surface area (TPSA) is 45.2 Å². The minimum absolute atomic E-state index is 0.125. The van der Waals surface area contributed by atoms with E-state index in [1.54, 1.807) is 11.9 Å². The zero-order valence-electron chi connectivity index (χ0n) is 10.8. The number of rotatable bonds is 5. The van der Waals surface area contributed by atoms with Crippen LogP contribution in [0.25, 0.3) is 0 Å². The lowest BCUT2D eigenvalue weighted by atomic mass is 10.3. The molecule has 19 heavy (non-hydrogen) atoms. The lowest BCUT2D eigenvalue weighted by molar-refractivity contribution is -0.141. The number of halogens is 3. The Kier molecular flexibility index (Phi) is 5.14. The molecule has 0 saturated heterocycles. The van der Waals surface area contributed by atoms with Gasteiger partial charge in [0.25, 0.3) is 0 Å². The van der Waals surface area contributed by atoms with Crippen molar-refractivity contribution in [3.8, 4) is 0 Å². The zero-order chi connectivity index (χ0) is 14.5. The van der Waals surface area contributed by atoms with Crippen LogP contribution in [-0.2, 0) is 11.0 Å². The van der Waals surface area contributed by atoms with Crippen molar-refractivity contribution in [1.29, 1.82) is 0 Å². The number of amides is 1. The van der Waals surface area contributed by atoms with Crippen molar-refractivity contribution in [2.24, 2.45) is 0 Å². The Bertz CT molecular complexity index is 434. The summed E-state index contributed by atoms with van der Waals surface area (Å²) in [6, 6.07) is 3.79. The average Bonchev–Trinajstić information content (AvgIpc) is 2.33. The maximum absolute atomic E-state index is 12.5. The first-order valence-corrected chi connectivity index (χ1v) is 5.80. The molecule has 0 bridgehead atoms. The molecule has 0 unspecified atom stereocenters. The molecule has 0 aromatic carbocycles. The highest BCUT2D eigenvalue weighted by Gasteiger charge is 2.32. The predicted molar refractivity (Wildman–Crippen MR) is 65.8 cm³/mol. The number of anilines is 1. The van der Waals surface area contributed by atoms with Crippen molar-refractivity contribution in [2.45, 2.75) is 19.5 Å². The fourth-order valence-corrected chi connectivity index (χ4v) is 1.49. The van der Waals surface area contributed by atoms with Crippen LogP contribution in [0.5, 0.6) is 0 Å². The molecule has 0 aliphatic heterocycles. The van der Waals surface area contributed by atoms with Crippen molar-refractivity contribution < 1.29 is 18.0 Å². The van der Waals surface area contributed by atoms with E-state index < -0.39 is 11.9 Å². The summed E-state index contributed by atoms with van der Waals surface area (Å²) in [5.41, 5.74) is -0.904. The number of aromatic nitrogens is 1. The first-order valence-electron chi connectivity index (χ1n) is 5.80. The summed E-state index contributed by atoms with van der Waals surface area (Å²) in [5, 5.41) is 2.62. The van der Waals surface area contributed by atoms with Gasteiger partial charge in [0, 0.05) is 27.1 Å². The third kappa shape index (κ3) is 5.15. The Balaban J connectivity index is 2.57. The highest BCUT2D eigenvalue weighted by atomic mass is 19.4. The van der Waals surface area contributed by atoms with Gasteiger partial charge in [0.1, 0.15) is 11.5 Å². The van der Waals surface area contributed by atoms with Crippen LogP contribution in [0.1, 0.15) is 19.0 Å². The third-order valence-electron chi connectivity index (χ3n) is 2.46. The molecule has 0 aliphatic rings. The molecule has 1 rings (SSSR count). The van der Waals surface area contributed by atoms with Crippen LogP contribution < -0.4 is 10.2 Å². The fourth-order valence-electron chi connectivity index (χ4n) is 1.49. The molecule has 1 N–H and O–H groups in total. The van der Waals surface area contributed by atoms with E-state index in [2.05, 4.69) is 10.3 Å². The number of alkyl halides is 3. The van der Waals surface area contributed by atoms with Gasteiger partial charge in [0.05, 0.1) is 0 Å². The highest BCUT2D eigenvalue weighted by Crippen LogP contribution is 2.28. The molecule has 0 saturated carbocycles. The molecule has 7 heteroatoms. The maximum atomic E-state index is 12.5. The van der Waals surface area contributed by atoms with Gasteiger partial charge in [0.2, 0.25) is 5.91 Å². The summed E-state index contributed by atoms with van der Waals surface area (Å²) in [6.45, 7) is 2.41. The van der Waals surface area contributed by atoms with Crippen LogP contribution in [0.2, 0.25) is 0 Å². The Morgan fingerprint density at radius 2 is 2.11 bits per heavy atom. The third-order valence-corrected chi connectivity index (χ3v) is 2.46. The molecule has 1 amide bonds. The Labute approximate surface area is 109 Å². The van der Waals surface area contributed by atoms with Gasteiger partial charge in [-0.1, -0.05) is 6.07 Å². The number of nitrogens with zero attached hydrogens (tertiary/aromatic N) is 2. The predicted octanol–water partition coefficient (Wildman–Crippen LogP) is 2.06. The maximum Gasteiger partial charge on any atom is 0.433 e. The van der Waals surface area contributed by atoms with Crippen LogP contribution >= 0.6 is 0 Å². The van der Waals surface area contributed by atoms with E-state index >= 15 is 0 Å². The van der Waals surface area contributed by atoms with Crippen molar-refractivity contribution in [3.63, 3.8) is 0 Å². The van der Waals surface area contributed by atoms with Gasteiger partial charge >= 0.3 is 6.18 Å². The Hall–Kier alpha value is -1.79. The summed E-state index contributed by atoms with van der Waals surface area (Å²) in [6.07, 6.45) is -3.80. The van der Waals surface area contributed by atoms with E-state index in [1.165, 1.54) is 19.1 Å². The number of carbonyl (C=O) groups excluding carboxylic acids is 1. The molecular formula is C12H16F3N3O. The van der Waals surface area contributed by atoms with Gasteiger partial charge in [-0.05, 0) is 18.6 Å². The molecule has 4 nitrogen and oxygen atoms in total. The summed E-state index contributed by atoms with van der Waals surface area (Å²) >= 11 is 0. The molecule has 0 aliphatic carbocycles. The second-order valence-corrected chi connectivity index (χ2v) is 4.14. The van der Waals surface area contributed by atoms with E-state index in [0.29, 0.717) is 19.5 Å². The smallest absolute Gasteiger partial charge is 0.360 e. The minimum atomic E-state index is -4.44. The van der Waals surface area contributed by atoms with Gasteiger partial charge in [-0.3, -0.25) is 4.79 Å². The molecule has 106 valence electrons. The molecule has 0 fully saturated rings. The number of hydrogen-bond acceptors (Lipinski definition) is 3. The van der Waals surface area contributed by atoms with E-state index in [0.717, 1.165) is 6.07 Å². The van der Waals surface area contributed by atoms with E-state index in [1.807, 2.05) is 0 Å². The van der Waals surface area contributed by atoms with Gasteiger partial charge in [0.15, 0.2) is 0 Å². The Morgan fingerprint density at radius 3 is 2.68 bits per heavy atom. The highest BCUT2D eigenvalue weighted by molar-refractivity contribution is 5.72. The largest absolute Gasteiger partial charge is 0.433 e. The SMILES string of the molecule is CC(=O)NCCCN(C)c1cccc(C(F)(F)F)n1. The monoisotopic (exact) mass is 275 g/mol. The summed E-state index contributed by atoms with van der Waals surface area (Å²) in [5.74, 6) is 0.137. The van der Waals surface area contributed by atoms with Crippen LogP contribution in [0.3, 0.4) is 0 Å². The van der Waals surface area contributed by atoms with Crippen molar-refractivity contribution >= 4 is 11.7 Å². The van der Waals surface area contributed by atoms with Crippen molar-refractivity contribution in [1.82, 2.24) is 10.3 Å². The molecule has 1 heterocycles. The molecule has 0 radical (unpaired) electrons. The fraction of sp³-hybridized carbons (Fsp3) is 0.500. The number of carbonyl (C=O) groups is 1. The van der Waals surface area contributed by atoms with Gasteiger partial charge in [-0.25, -0.2) is 4.98 Å². The van der Waals surface area contributed by atoms with Crippen LogP contribution in [0.4, 0.5) is 19.0 Å². The second-order valence-electron chi connectivity index (χ2n) is 4.14. The van der Waals surface area contributed by atoms with Gasteiger partial charge < -0.3 is 10.2 Å². The van der Waals surface area contributed by atoms with E-state index in [4.69, 9.17) is 0 Å². The molecule has 0 atom stereocenters.